The minimum absolute atomic E-state index is 0. The molecule has 110 valence electrons. The molecule has 0 amide bonds. The van der Waals surface area contributed by atoms with E-state index >= 15 is 0 Å². The van der Waals surface area contributed by atoms with Crippen molar-refractivity contribution in [2.75, 3.05) is 0 Å². The molecular formula is C11H13ClF5NO. The van der Waals surface area contributed by atoms with E-state index in [1.165, 1.54) is 0 Å². The van der Waals surface area contributed by atoms with Crippen LogP contribution in [0.25, 0.3) is 0 Å². The summed E-state index contributed by atoms with van der Waals surface area (Å²) in [5.74, 6) is -10.4. The van der Waals surface area contributed by atoms with Crippen LogP contribution in [0.3, 0.4) is 0 Å². The molecule has 3 N–H and O–H groups in total. The van der Waals surface area contributed by atoms with Crippen LogP contribution in [0.2, 0.25) is 0 Å². The van der Waals surface area contributed by atoms with Gasteiger partial charge in [0.05, 0.1) is 12.1 Å². The van der Waals surface area contributed by atoms with Gasteiger partial charge in [-0.25, -0.2) is 22.0 Å². The molecule has 1 aromatic carbocycles. The van der Waals surface area contributed by atoms with Gasteiger partial charge in [0.15, 0.2) is 23.3 Å². The predicted octanol–water partition coefficient (Wildman–Crippen LogP) is 2.96. The summed E-state index contributed by atoms with van der Waals surface area (Å²) in [5.41, 5.74) is 4.14. The van der Waals surface area contributed by atoms with Gasteiger partial charge < -0.3 is 10.8 Å². The van der Waals surface area contributed by atoms with Gasteiger partial charge in [0.25, 0.3) is 0 Å². The van der Waals surface area contributed by atoms with Crippen molar-refractivity contribution < 1.29 is 27.1 Å². The summed E-state index contributed by atoms with van der Waals surface area (Å²) in [6.45, 7) is 1.68. The Morgan fingerprint density at radius 2 is 1.32 bits per heavy atom. The third-order valence-corrected chi connectivity index (χ3v) is 2.58. The normalized spacial score (nSPS) is 13.9. The summed E-state index contributed by atoms with van der Waals surface area (Å²) < 4.78 is 65.3. The molecule has 0 unspecified atom stereocenters. The van der Waals surface area contributed by atoms with Crippen LogP contribution < -0.4 is 5.73 Å². The Labute approximate surface area is 112 Å². The first kappa shape index (κ1) is 18.1. The first-order chi connectivity index (χ1) is 8.32. The largest absolute Gasteiger partial charge is 0.391 e. The SMILES string of the molecule is CCC[C@@H](O)[C@@H](N)c1c(F)c(F)c(F)c(F)c1F.Cl. The van der Waals surface area contributed by atoms with Gasteiger partial charge in [0.1, 0.15) is 0 Å². The zero-order chi connectivity index (χ0) is 14.0. The van der Waals surface area contributed by atoms with E-state index in [4.69, 9.17) is 5.73 Å². The van der Waals surface area contributed by atoms with E-state index < -0.39 is 46.8 Å². The maximum Gasteiger partial charge on any atom is 0.200 e. The second-order valence-corrected chi connectivity index (χ2v) is 3.87. The Kier molecular flexibility index (Phi) is 6.68. The Hall–Kier alpha value is -0.920. The second kappa shape index (κ2) is 7.02. The summed E-state index contributed by atoms with van der Waals surface area (Å²) in [5, 5.41) is 9.47. The van der Waals surface area contributed by atoms with Gasteiger partial charge in [-0.05, 0) is 6.42 Å². The number of aliphatic hydroxyl groups is 1. The highest BCUT2D eigenvalue weighted by atomic mass is 35.5. The highest BCUT2D eigenvalue weighted by Gasteiger charge is 2.31. The Morgan fingerprint density at radius 3 is 1.68 bits per heavy atom. The van der Waals surface area contributed by atoms with Crippen molar-refractivity contribution >= 4 is 12.4 Å². The van der Waals surface area contributed by atoms with E-state index in [2.05, 4.69) is 0 Å². The summed E-state index contributed by atoms with van der Waals surface area (Å²) in [6, 6.07) is -1.67. The van der Waals surface area contributed by atoms with Gasteiger partial charge >= 0.3 is 0 Å². The van der Waals surface area contributed by atoms with Crippen LogP contribution >= 0.6 is 12.4 Å². The molecular weight excluding hydrogens is 293 g/mol. The lowest BCUT2D eigenvalue weighted by Gasteiger charge is -2.20. The molecule has 0 radical (unpaired) electrons. The predicted molar refractivity (Wildman–Crippen MR) is 61.3 cm³/mol. The summed E-state index contributed by atoms with van der Waals surface area (Å²) >= 11 is 0. The molecule has 0 spiro atoms. The maximum absolute atomic E-state index is 13.3. The topological polar surface area (TPSA) is 46.2 Å². The summed E-state index contributed by atoms with van der Waals surface area (Å²) in [6.07, 6.45) is -0.853. The average Bonchev–Trinajstić information content (AvgIpc) is 2.34. The lowest BCUT2D eigenvalue weighted by molar-refractivity contribution is 0.130. The van der Waals surface area contributed by atoms with Crippen molar-refractivity contribution in [3.8, 4) is 0 Å². The molecule has 0 bridgehead atoms. The molecule has 0 aliphatic heterocycles. The van der Waals surface area contributed by atoms with Crippen molar-refractivity contribution in [2.24, 2.45) is 5.73 Å². The van der Waals surface area contributed by atoms with E-state index in [1.807, 2.05) is 0 Å². The number of nitrogens with two attached hydrogens (primary N) is 1. The van der Waals surface area contributed by atoms with E-state index in [0.717, 1.165) is 0 Å². The molecule has 2 atom stereocenters. The minimum atomic E-state index is -2.24. The molecule has 19 heavy (non-hydrogen) atoms. The van der Waals surface area contributed by atoms with Crippen LogP contribution in [0.1, 0.15) is 31.4 Å². The number of halogens is 6. The quantitative estimate of drug-likeness (QED) is 0.510. The highest BCUT2D eigenvalue weighted by molar-refractivity contribution is 5.85. The van der Waals surface area contributed by atoms with Gasteiger partial charge in [0.2, 0.25) is 5.82 Å². The van der Waals surface area contributed by atoms with Crippen LogP contribution in [0, 0.1) is 29.1 Å². The van der Waals surface area contributed by atoms with Gasteiger partial charge in [-0.15, -0.1) is 12.4 Å². The van der Waals surface area contributed by atoms with E-state index in [9.17, 15) is 27.1 Å². The first-order valence-corrected chi connectivity index (χ1v) is 5.27. The lowest BCUT2D eigenvalue weighted by atomic mass is 9.97. The number of hydrogen-bond donors (Lipinski definition) is 2. The van der Waals surface area contributed by atoms with E-state index in [0.29, 0.717) is 6.42 Å². The number of aliphatic hydroxyl groups excluding tert-OH is 1. The zero-order valence-electron chi connectivity index (χ0n) is 9.89. The van der Waals surface area contributed by atoms with Crippen LogP contribution in [-0.2, 0) is 0 Å². The molecule has 0 aromatic heterocycles. The smallest absolute Gasteiger partial charge is 0.200 e. The molecule has 8 heteroatoms. The first-order valence-electron chi connectivity index (χ1n) is 5.27. The minimum Gasteiger partial charge on any atom is -0.391 e. The summed E-state index contributed by atoms with van der Waals surface area (Å²) in [4.78, 5) is 0. The monoisotopic (exact) mass is 305 g/mol. The van der Waals surface area contributed by atoms with Crippen molar-refractivity contribution in [3.63, 3.8) is 0 Å². The van der Waals surface area contributed by atoms with Crippen molar-refractivity contribution in [1.29, 1.82) is 0 Å². The van der Waals surface area contributed by atoms with Crippen molar-refractivity contribution in [3.05, 3.63) is 34.6 Å². The third kappa shape index (κ3) is 3.34. The van der Waals surface area contributed by atoms with E-state index in [-0.39, 0.29) is 18.8 Å². The zero-order valence-corrected chi connectivity index (χ0v) is 10.7. The fourth-order valence-corrected chi connectivity index (χ4v) is 1.58. The molecule has 0 fully saturated rings. The standard InChI is InChI=1S/C11H12F5NO.ClH/c1-2-3-4(18)11(17)5-6(12)8(14)10(16)9(15)7(5)13;/h4,11,18H,2-3,17H2,1H3;1H/t4-,11-;/m1./s1. The molecule has 0 saturated heterocycles. The van der Waals surface area contributed by atoms with Crippen molar-refractivity contribution in [2.45, 2.75) is 31.9 Å². The molecule has 0 aliphatic carbocycles. The number of benzene rings is 1. The van der Waals surface area contributed by atoms with Crippen LogP contribution in [-0.4, -0.2) is 11.2 Å². The second-order valence-electron chi connectivity index (χ2n) is 3.87. The molecule has 1 rings (SSSR count). The summed E-state index contributed by atoms with van der Waals surface area (Å²) in [7, 11) is 0. The molecule has 0 aliphatic rings. The number of hydrogen-bond acceptors (Lipinski definition) is 2. The fraction of sp³-hybridized carbons (Fsp3) is 0.455. The fourth-order valence-electron chi connectivity index (χ4n) is 1.58. The molecule has 2 nitrogen and oxygen atoms in total. The molecule has 0 saturated carbocycles. The molecule has 0 heterocycles. The number of rotatable bonds is 4. The molecule has 1 aromatic rings. The van der Waals surface area contributed by atoms with Crippen LogP contribution in [0.15, 0.2) is 0 Å². The van der Waals surface area contributed by atoms with E-state index in [1.54, 1.807) is 6.92 Å². The van der Waals surface area contributed by atoms with Gasteiger partial charge in [-0.1, -0.05) is 13.3 Å². The maximum atomic E-state index is 13.3. The Bertz CT molecular complexity index is 428. The van der Waals surface area contributed by atoms with Gasteiger partial charge in [0, 0.05) is 5.56 Å². The Morgan fingerprint density at radius 1 is 0.947 bits per heavy atom. The van der Waals surface area contributed by atoms with Crippen molar-refractivity contribution in [1.82, 2.24) is 0 Å². The lowest BCUT2D eigenvalue weighted by Crippen LogP contribution is -2.29. The average molecular weight is 306 g/mol. The van der Waals surface area contributed by atoms with Crippen LogP contribution in [0.4, 0.5) is 22.0 Å². The Balaban J connectivity index is 0.00000324. The van der Waals surface area contributed by atoms with Gasteiger partial charge in [-0.2, -0.15) is 0 Å². The third-order valence-electron chi connectivity index (χ3n) is 2.58. The van der Waals surface area contributed by atoms with Crippen LogP contribution in [0.5, 0.6) is 0 Å². The highest BCUT2D eigenvalue weighted by Crippen LogP contribution is 2.29. The van der Waals surface area contributed by atoms with Gasteiger partial charge in [-0.3, -0.25) is 0 Å².